The number of aryl methyl sites for hydroxylation is 1. The first-order chi connectivity index (χ1) is 13.7. The first-order valence-electron chi connectivity index (χ1n) is 10.1. The van der Waals surface area contributed by atoms with Crippen LogP contribution in [0.1, 0.15) is 18.5 Å². The van der Waals surface area contributed by atoms with E-state index in [9.17, 15) is 0 Å². The van der Waals surface area contributed by atoms with Crippen molar-refractivity contribution in [3.05, 3.63) is 36.0 Å². The largest absolute Gasteiger partial charge is 0.497 e. The summed E-state index contributed by atoms with van der Waals surface area (Å²) in [4.78, 5) is 14.0. The summed E-state index contributed by atoms with van der Waals surface area (Å²) < 4.78 is 10.9. The summed E-state index contributed by atoms with van der Waals surface area (Å²) in [6.07, 6.45) is 2.53. The summed E-state index contributed by atoms with van der Waals surface area (Å²) in [5.41, 5.74) is 2.22. The van der Waals surface area contributed by atoms with Crippen LogP contribution in [0.5, 0.6) is 5.75 Å². The highest BCUT2D eigenvalue weighted by Crippen LogP contribution is 2.23. The van der Waals surface area contributed by atoms with Crippen LogP contribution in [-0.2, 0) is 4.74 Å². The predicted octanol–water partition coefficient (Wildman–Crippen LogP) is 2.71. The van der Waals surface area contributed by atoms with E-state index in [4.69, 9.17) is 14.5 Å². The number of anilines is 3. The fraction of sp³-hybridized carbons (Fsp3) is 0.524. The van der Waals surface area contributed by atoms with Crippen molar-refractivity contribution in [2.45, 2.75) is 25.9 Å². The molecule has 2 aliphatic rings. The maximum Gasteiger partial charge on any atom is 0.224 e. The first-order valence-corrected chi connectivity index (χ1v) is 10.1. The summed E-state index contributed by atoms with van der Waals surface area (Å²) in [6.45, 7) is 7.47. The smallest absolute Gasteiger partial charge is 0.224 e. The molecule has 1 aromatic heterocycles. The van der Waals surface area contributed by atoms with Crippen LogP contribution < -0.4 is 19.9 Å². The van der Waals surface area contributed by atoms with E-state index in [1.807, 2.05) is 19.1 Å². The molecule has 28 heavy (non-hydrogen) atoms. The fourth-order valence-corrected chi connectivity index (χ4v) is 3.79. The standard InChI is InChI=1S/C21H29N5O2/c1-16-14-20(24-21(23-16)22-15-19-4-3-13-28-19)26-11-9-25(10-12-26)17-5-7-18(27-2)8-6-17/h5-8,14,19H,3-4,9-13,15H2,1-2H3,(H,22,23,24). The van der Waals surface area contributed by atoms with Gasteiger partial charge in [-0.05, 0) is 44.0 Å². The Balaban J connectivity index is 1.36. The molecule has 2 saturated heterocycles. The van der Waals surface area contributed by atoms with Gasteiger partial charge in [0.05, 0.1) is 13.2 Å². The molecule has 7 nitrogen and oxygen atoms in total. The molecule has 0 bridgehead atoms. The lowest BCUT2D eigenvalue weighted by molar-refractivity contribution is 0.120. The molecule has 2 aliphatic heterocycles. The van der Waals surface area contributed by atoms with Crippen molar-refractivity contribution in [2.24, 2.45) is 0 Å². The Morgan fingerprint density at radius 3 is 2.54 bits per heavy atom. The van der Waals surface area contributed by atoms with E-state index >= 15 is 0 Å². The molecule has 150 valence electrons. The number of nitrogens with one attached hydrogen (secondary N) is 1. The van der Waals surface area contributed by atoms with Gasteiger partial charge in [-0.15, -0.1) is 0 Å². The summed E-state index contributed by atoms with van der Waals surface area (Å²) in [5.74, 6) is 2.58. The van der Waals surface area contributed by atoms with Gasteiger partial charge in [-0.1, -0.05) is 0 Å². The number of rotatable bonds is 6. The van der Waals surface area contributed by atoms with Gasteiger partial charge in [0.25, 0.3) is 0 Å². The third kappa shape index (κ3) is 4.47. The van der Waals surface area contributed by atoms with E-state index in [1.54, 1.807) is 7.11 Å². The molecule has 7 heteroatoms. The Bertz CT molecular complexity index is 769. The van der Waals surface area contributed by atoms with Gasteiger partial charge >= 0.3 is 0 Å². The summed E-state index contributed by atoms with van der Waals surface area (Å²) in [7, 11) is 1.70. The van der Waals surface area contributed by atoms with Crippen LogP contribution >= 0.6 is 0 Å². The quantitative estimate of drug-likeness (QED) is 0.823. The van der Waals surface area contributed by atoms with E-state index in [0.29, 0.717) is 5.95 Å². The van der Waals surface area contributed by atoms with Crippen LogP contribution in [0.2, 0.25) is 0 Å². The third-order valence-electron chi connectivity index (χ3n) is 5.39. The van der Waals surface area contributed by atoms with Gasteiger partial charge < -0.3 is 24.6 Å². The zero-order valence-corrected chi connectivity index (χ0v) is 16.7. The van der Waals surface area contributed by atoms with Crippen molar-refractivity contribution in [3.8, 4) is 5.75 Å². The second-order valence-electron chi connectivity index (χ2n) is 7.38. The fourth-order valence-electron chi connectivity index (χ4n) is 3.79. The van der Waals surface area contributed by atoms with Crippen LogP contribution in [0, 0.1) is 6.92 Å². The van der Waals surface area contributed by atoms with Crippen LogP contribution in [0.15, 0.2) is 30.3 Å². The molecular formula is C21H29N5O2. The molecule has 2 aromatic rings. The molecule has 0 aliphatic carbocycles. The molecule has 1 aromatic carbocycles. The highest BCUT2D eigenvalue weighted by atomic mass is 16.5. The van der Waals surface area contributed by atoms with Crippen LogP contribution in [0.25, 0.3) is 0 Å². The van der Waals surface area contributed by atoms with E-state index in [1.165, 1.54) is 5.69 Å². The van der Waals surface area contributed by atoms with Crippen molar-refractivity contribution in [2.75, 3.05) is 61.6 Å². The minimum Gasteiger partial charge on any atom is -0.497 e. The first kappa shape index (κ1) is 18.8. The normalized spacial score (nSPS) is 19.7. The van der Waals surface area contributed by atoms with E-state index < -0.39 is 0 Å². The van der Waals surface area contributed by atoms with Gasteiger partial charge in [0.1, 0.15) is 11.6 Å². The SMILES string of the molecule is COc1ccc(N2CCN(c3cc(C)nc(NCC4CCCO4)n3)CC2)cc1. The van der Waals surface area contributed by atoms with Crippen LogP contribution in [-0.4, -0.2) is 62.5 Å². The number of methoxy groups -OCH3 is 1. The van der Waals surface area contributed by atoms with Gasteiger partial charge in [0.15, 0.2) is 0 Å². The van der Waals surface area contributed by atoms with E-state index in [0.717, 1.165) is 69.4 Å². The molecule has 2 fully saturated rings. The molecule has 1 atom stereocenters. The molecule has 0 amide bonds. The molecule has 4 rings (SSSR count). The number of piperazine rings is 1. The lowest BCUT2D eigenvalue weighted by Gasteiger charge is -2.37. The van der Waals surface area contributed by atoms with Crippen molar-refractivity contribution >= 4 is 17.5 Å². The molecule has 1 N–H and O–H groups in total. The molecule has 0 radical (unpaired) electrons. The minimum absolute atomic E-state index is 0.278. The lowest BCUT2D eigenvalue weighted by Crippen LogP contribution is -2.46. The van der Waals surface area contributed by atoms with Crippen molar-refractivity contribution < 1.29 is 9.47 Å². The zero-order chi connectivity index (χ0) is 19.3. The Hall–Kier alpha value is -2.54. The third-order valence-corrected chi connectivity index (χ3v) is 5.39. The predicted molar refractivity (Wildman–Crippen MR) is 112 cm³/mol. The Kier molecular flexibility index (Phi) is 5.81. The maximum absolute atomic E-state index is 5.68. The Labute approximate surface area is 166 Å². The number of benzene rings is 1. The van der Waals surface area contributed by atoms with E-state index in [-0.39, 0.29) is 6.10 Å². The van der Waals surface area contributed by atoms with Gasteiger partial charge in [-0.25, -0.2) is 4.98 Å². The highest BCUT2D eigenvalue weighted by molar-refractivity contribution is 5.52. The Morgan fingerprint density at radius 1 is 1.11 bits per heavy atom. The highest BCUT2D eigenvalue weighted by Gasteiger charge is 2.20. The van der Waals surface area contributed by atoms with Crippen molar-refractivity contribution in [3.63, 3.8) is 0 Å². The summed E-state index contributed by atoms with van der Waals surface area (Å²) in [5, 5.41) is 3.36. The van der Waals surface area contributed by atoms with Crippen LogP contribution in [0.4, 0.5) is 17.5 Å². The summed E-state index contributed by atoms with van der Waals surface area (Å²) >= 11 is 0. The summed E-state index contributed by atoms with van der Waals surface area (Å²) in [6, 6.07) is 10.3. The average Bonchev–Trinajstić information content (AvgIpc) is 3.26. The van der Waals surface area contributed by atoms with Gasteiger partial charge in [-0.3, -0.25) is 0 Å². The van der Waals surface area contributed by atoms with Gasteiger partial charge in [-0.2, -0.15) is 4.98 Å². The molecule has 0 spiro atoms. The van der Waals surface area contributed by atoms with Gasteiger partial charge in [0.2, 0.25) is 5.95 Å². The van der Waals surface area contributed by atoms with Crippen molar-refractivity contribution in [1.82, 2.24) is 9.97 Å². The molecular weight excluding hydrogens is 354 g/mol. The van der Waals surface area contributed by atoms with Gasteiger partial charge in [0, 0.05) is 56.8 Å². The van der Waals surface area contributed by atoms with E-state index in [2.05, 4.69) is 38.3 Å². The topological polar surface area (TPSA) is 62.8 Å². The molecule has 0 saturated carbocycles. The number of hydrogen-bond donors (Lipinski definition) is 1. The van der Waals surface area contributed by atoms with Crippen LogP contribution in [0.3, 0.4) is 0 Å². The number of aromatic nitrogens is 2. The monoisotopic (exact) mass is 383 g/mol. The maximum atomic E-state index is 5.68. The Morgan fingerprint density at radius 2 is 1.86 bits per heavy atom. The lowest BCUT2D eigenvalue weighted by atomic mass is 10.2. The number of nitrogens with zero attached hydrogens (tertiary/aromatic N) is 4. The second kappa shape index (κ2) is 8.65. The minimum atomic E-state index is 0.278. The van der Waals surface area contributed by atoms with Crippen molar-refractivity contribution in [1.29, 1.82) is 0 Å². The molecule has 1 unspecified atom stereocenters. The zero-order valence-electron chi connectivity index (χ0n) is 16.7. The second-order valence-corrected chi connectivity index (χ2v) is 7.38. The average molecular weight is 383 g/mol. The number of hydrogen-bond acceptors (Lipinski definition) is 7. The molecule has 3 heterocycles. The number of ether oxygens (including phenoxy) is 2.